The number of aromatic nitrogens is 3. The van der Waals surface area contributed by atoms with Crippen LogP contribution in [-0.2, 0) is 12.8 Å². The van der Waals surface area contributed by atoms with Crippen molar-refractivity contribution in [3.05, 3.63) is 46.8 Å². The van der Waals surface area contributed by atoms with Gasteiger partial charge in [0.15, 0.2) is 0 Å². The molecule has 0 spiro atoms. The predicted octanol–water partition coefficient (Wildman–Crippen LogP) is 3.45. The van der Waals surface area contributed by atoms with Crippen LogP contribution in [0.3, 0.4) is 0 Å². The molecule has 1 aromatic carbocycles. The summed E-state index contributed by atoms with van der Waals surface area (Å²) >= 11 is 0. The van der Waals surface area contributed by atoms with Gasteiger partial charge in [0.05, 0.1) is 17.4 Å². The first-order valence-electron chi connectivity index (χ1n) is 6.99. The third-order valence-corrected chi connectivity index (χ3v) is 3.28. The fourth-order valence-electron chi connectivity index (χ4n) is 2.12. The molecule has 1 unspecified atom stereocenters. The van der Waals surface area contributed by atoms with Gasteiger partial charge in [-0.3, -0.25) is 0 Å². The molecule has 1 atom stereocenters. The van der Waals surface area contributed by atoms with Crippen LogP contribution >= 0.6 is 0 Å². The first kappa shape index (κ1) is 15.3. The third-order valence-electron chi connectivity index (χ3n) is 3.28. The molecule has 0 fully saturated rings. The van der Waals surface area contributed by atoms with Crippen LogP contribution in [0.4, 0.5) is 14.7 Å². The van der Waals surface area contributed by atoms with Gasteiger partial charge in [-0.1, -0.05) is 19.9 Å². The number of benzene rings is 1. The number of halogens is 2. The molecule has 1 heterocycles. The normalized spacial score (nSPS) is 12.2. The van der Waals surface area contributed by atoms with Crippen molar-refractivity contribution in [2.24, 2.45) is 0 Å². The van der Waals surface area contributed by atoms with Gasteiger partial charge in [0, 0.05) is 11.6 Å². The summed E-state index contributed by atoms with van der Waals surface area (Å²) in [7, 11) is 0. The van der Waals surface area contributed by atoms with Gasteiger partial charge in [-0.2, -0.15) is 5.10 Å². The molecule has 0 saturated heterocycles. The lowest BCUT2D eigenvalue weighted by Gasteiger charge is -2.15. The zero-order chi connectivity index (χ0) is 15.4. The summed E-state index contributed by atoms with van der Waals surface area (Å²) < 4.78 is 26.7. The molecule has 0 aliphatic heterocycles. The van der Waals surface area contributed by atoms with E-state index in [0.29, 0.717) is 11.5 Å². The Labute approximate surface area is 122 Å². The second kappa shape index (κ2) is 6.56. The van der Waals surface area contributed by atoms with E-state index in [4.69, 9.17) is 0 Å². The zero-order valence-corrected chi connectivity index (χ0v) is 12.3. The van der Waals surface area contributed by atoms with Gasteiger partial charge in [-0.15, -0.1) is 5.10 Å². The Morgan fingerprint density at radius 2 is 1.81 bits per heavy atom. The monoisotopic (exact) mass is 292 g/mol. The van der Waals surface area contributed by atoms with Crippen LogP contribution in [0.15, 0.2) is 18.2 Å². The summed E-state index contributed by atoms with van der Waals surface area (Å²) in [5, 5.41) is 11.1. The van der Waals surface area contributed by atoms with Crippen LogP contribution in [0.5, 0.6) is 0 Å². The Balaban J connectivity index is 2.21. The van der Waals surface area contributed by atoms with Gasteiger partial charge in [0.25, 0.3) is 0 Å². The summed E-state index contributed by atoms with van der Waals surface area (Å²) in [6, 6.07) is 3.12. The molecular weight excluding hydrogens is 274 g/mol. The minimum atomic E-state index is -0.595. The third kappa shape index (κ3) is 3.51. The lowest BCUT2D eigenvalue weighted by Crippen LogP contribution is -2.14. The van der Waals surface area contributed by atoms with Crippen LogP contribution in [0.25, 0.3) is 0 Å². The van der Waals surface area contributed by atoms with E-state index in [1.807, 2.05) is 13.8 Å². The maximum atomic E-state index is 13.7. The van der Waals surface area contributed by atoms with E-state index in [2.05, 4.69) is 20.5 Å². The van der Waals surface area contributed by atoms with Crippen LogP contribution in [0, 0.1) is 11.6 Å². The molecule has 6 heteroatoms. The smallest absolute Gasteiger partial charge is 0.243 e. The topological polar surface area (TPSA) is 50.7 Å². The number of rotatable bonds is 5. The lowest BCUT2D eigenvalue weighted by atomic mass is 10.1. The van der Waals surface area contributed by atoms with Crippen LogP contribution in [0.2, 0.25) is 0 Å². The predicted molar refractivity (Wildman–Crippen MR) is 77.0 cm³/mol. The summed E-state index contributed by atoms with van der Waals surface area (Å²) in [6.45, 7) is 5.75. The summed E-state index contributed by atoms with van der Waals surface area (Å²) in [4.78, 5) is 4.39. The van der Waals surface area contributed by atoms with Crippen molar-refractivity contribution < 1.29 is 8.78 Å². The zero-order valence-electron chi connectivity index (χ0n) is 12.3. The Hall–Kier alpha value is -2.11. The molecule has 1 aromatic heterocycles. The summed E-state index contributed by atoms with van der Waals surface area (Å²) in [5.74, 6) is -0.842. The number of hydrogen-bond donors (Lipinski definition) is 1. The van der Waals surface area contributed by atoms with E-state index in [-0.39, 0.29) is 6.04 Å². The standard InChI is InChI=1S/C15H18F2N4/c1-4-13-14(5-2)20-21-15(19-13)18-9(3)11-7-6-10(16)8-12(11)17/h6-9H,4-5H2,1-3H3,(H,18,19,21). The first-order chi connectivity index (χ1) is 10.0. The van der Waals surface area contributed by atoms with Crippen LogP contribution in [-0.4, -0.2) is 15.2 Å². The van der Waals surface area contributed by atoms with Crippen molar-refractivity contribution in [3.63, 3.8) is 0 Å². The molecular formula is C15H18F2N4. The van der Waals surface area contributed by atoms with Gasteiger partial charge in [0.2, 0.25) is 5.95 Å². The highest BCUT2D eigenvalue weighted by molar-refractivity contribution is 5.32. The number of nitrogens with zero attached hydrogens (tertiary/aromatic N) is 3. The van der Waals surface area contributed by atoms with Gasteiger partial charge in [0.1, 0.15) is 11.6 Å². The molecule has 2 aromatic rings. The highest BCUT2D eigenvalue weighted by Gasteiger charge is 2.14. The molecule has 0 radical (unpaired) electrons. The SMILES string of the molecule is CCc1nnc(NC(C)c2ccc(F)cc2F)nc1CC. The molecule has 0 amide bonds. The van der Waals surface area contributed by atoms with E-state index in [1.165, 1.54) is 12.1 Å². The first-order valence-corrected chi connectivity index (χ1v) is 6.99. The van der Waals surface area contributed by atoms with Crippen LogP contribution < -0.4 is 5.32 Å². The fraction of sp³-hybridized carbons (Fsp3) is 0.400. The molecule has 112 valence electrons. The quantitative estimate of drug-likeness (QED) is 0.917. The van der Waals surface area contributed by atoms with E-state index < -0.39 is 11.6 Å². The number of aryl methyl sites for hydroxylation is 2. The Morgan fingerprint density at radius 1 is 1.10 bits per heavy atom. The molecule has 4 nitrogen and oxygen atoms in total. The molecule has 0 aliphatic rings. The molecule has 0 bridgehead atoms. The average Bonchev–Trinajstić information content (AvgIpc) is 2.46. The van der Waals surface area contributed by atoms with Gasteiger partial charge in [-0.25, -0.2) is 13.8 Å². The van der Waals surface area contributed by atoms with Crippen molar-refractivity contribution in [1.82, 2.24) is 15.2 Å². The number of nitrogens with one attached hydrogen (secondary N) is 1. The molecule has 21 heavy (non-hydrogen) atoms. The van der Waals surface area contributed by atoms with Crippen LogP contribution in [0.1, 0.15) is 43.8 Å². The van der Waals surface area contributed by atoms with E-state index in [1.54, 1.807) is 6.92 Å². The highest BCUT2D eigenvalue weighted by Crippen LogP contribution is 2.21. The Morgan fingerprint density at radius 3 is 2.43 bits per heavy atom. The number of hydrogen-bond acceptors (Lipinski definition) is 4. The van der Waals surface area contributed by atoms with Crippen molar-refractivity contribution in [2.45, 2.75) is 39.7 Å². The van der Waals surface area contributed by atoms with E-state index >= 15 is 0 Å². The van der Waals surface area contributed by atoms with E-state index in [9.17, 15) is 8.78 Å². The van der Waals surface area contributed by atoms with Gasteiger partial charge in [-0.05, 0) is 25.8 Å². The molecule has 0 aliphatic carbocycles. The maximum Gasteiger partial charge on any atom is 0.243 e. The van der Waals surface area contributed by atoms with Crippen molar-refractivity contribution in [2.75, 3.05) is 5.32 Å². The summed E-state index contributed by atoms with van der Waals surface area (Å²) in [6.07, 6.45) is 1.53. The molecule has 1 N–H and O–H groups in total. The maximum absolute atomic E-state index is 13.7. The summed E-state index contributed by atoms with van der Waals surface area (Å²) in [5.41, 5.74) is 2.10. The van der Waals surface area contributed by atoms with E-state index in [0.717, 1.165) is 30.3 Å². The van der Waals surface area contributed by atoms with Crippen molar-refractivity contribution in [3.8, 4) is 0 Å². The molecule has 0 saturated carbocycles. The molecule has 2 rings (SSSR count). The fourth-order valence-corrected chi connectivity index (χ4v) is 2.12. The highest BCUT2D eigenvalue weighted by atomic mass is 19.1. The minimum absolute atomic E-state index is 0.347. The average molecular weight is 292 g/mol. The number of anilines is 1. The largest absolute Gasteiger partial charge is 0.346 e. The Kier molecular flexibility index (Phi) is 4.77. The van der Waals surface area contributed by atoms with Gasteiger partial charge >= 0.3 is 0 Å². The minimum Gasteiger partial charge on any atom is -0.346 e. The second-order valence-corrected chi connectivity index (χ2v) is 4.77. The van der Waals surface area contributed by atoms with Crippen molar-refractivity contribution >= 4 is 5.95 Å². The van der Waals surface area contributed by atoms with Gasteiger partial charge < -0.3 is 5.32 Å². The lowest BCUT2D eigenvalue weighted by molar-refractivity contribution is 0.565. The van der Waals surface area contributed by atoms with Crippen molar-refractivity contribution in [1.29, 1.82) is 0 Å². The Bertz CT molecular complexity index is 631. The second-order valence-electron chi connectivity index (χ2n) is 4.77.